The first-order chi connectivity index (χ1) is 14.4. The molecule has 0 saturated heterocycles. The standard InChI is InChI=1S/C20H14ClN3O6/c21-14-5-13(19(25)15(8-14)24(27)28)9-22-23-20(26)18-10-29-16-6-11-3-1-2-4-12(11)7-17(16)30-18/h1-9,18,25H,10H2,(H,23,26)/b22-9-. The molecule has 0 spiro atoms. The summed E-state index contributed by atoms with van der Waals surface area (Å²) >= 11 is 5.82. The highest BCUT2D eigenvalue weighted by Crippen LogP contribution is 2.36. The van der Waals surface area contributed by atoms with Crippen LogP contribution in [0.25, 0.3) is 10.8 Å². The number of halogens is 1. The molecule has 1 unspecified atom stereocenters. The van der Waals surface area contributed by atoms with Crippen LogP contribution < -0.4 is 14.9 Å². The van der Waals surface area contributed by atoms with Gasteiger partial charge in [-0.1, -0.05) is 35.9 Å². The van der Waals surface area contributed by atoms with Gasteiger partial charge in [0, 0.05) is 16.7 Å². The van der Waals surface area contributed by atoms with E-state index in [-0.39, 0.29) is 17.2 Å². The van der Waals surface area contributed by atoms with Crippen LogP contribution in [0.1, 0.15) is 5.56 Å². The van der Waals surface area contributed by atoms with Gasteiger partial charge >= 0.3 is 5.69 Å². The van der Waals surface area contributed by atoms with Crippen molar-refractivity contribution >= 4 is 40.2 Å². The Hall–Kier alpha value is -3.85. The molecule has 1 aliphatic rings. The molecule has 3 aromatic rings. The summed E-state index contributed by atoms with van der Waals surface area (Å²) in [6, 6.07) is 13.6. The van der Waals surface area contributed by atoms with E-state index < -0.39 is 28.4 Å². The van der Waals surface area contributed by atoms with Gasteiger partial charge in [0.25, 0.3) is 5.91 Å². The Labute approximate surface area is 174 Å². The molecule has 9 nitrogen and oxygen atoms in total. The minimum atomic E-state index is -0.946. The predicted octanol–water partition coefficient (Wildman–Crippen LogP) is 3.40. The van der Waals surface area contributed by atoms with Crippen molar-refractivity contribution in [2.45, 2.75) is 6.10 Å². The quantitative estimate of drug-likeness (QED) is 0.373. The van der Waals surface area contributed by atoms with Gasteiger partial charge in [-0.2, -0.15) is 5.10 Å². The van der Waals surface area contributed by atoms with E-state index in [1.54, 1.807) is 6.07 Å². The van der Waals surface area contributed by atoms with Crippen LogP contribution in [-0.2, 0) is 4.79 Å². The van der Waals surface area contributed by atoms with Gasteiger partial charge < -0.3 is 14.6 Å². The lowest BCUT2D eigenvalue weighted by Crippen LogP contribution is -2.42. The maximum absolute atomic E-state index is 12.4. The zero-order valence-corrected chi connectivity index (χ0v) is 16.0. The zero-order chi connectivity index (χ0) is 21.3. The van der Waals surface area contributed by atoms with E-state index in [2.05, 4.69) is 10.5 Å². The maximum Gasteiger partial charge on any atom is 0.312 e. The average molecular weight is 428 g/mol. The Morgan fingerprint density at radius 3 is 2.63 bits per heavy atom. The minimum absolute atomic E-state index is 0.0133. The van der Waals surface area contributed by atoms with E-state index in [0.29, 0.717) is 11.5 Å². The van der Waals surface area contributed by atoms with Crippen molar-refractivity contribution in [1.82, 2.24) is 5.43 Å². The van der Waals surface area contributed by atoms with Crippen molar-refractivity contribution in [3.8, 4) is 17.2 Å². The van der Waals surface area contributed by atoms with Crippen molar-refractivity contribution < 1.29 is 24.3 Å². The fraction of sp³-hybridized carbons (Fsp3) is 0.100. The number of hydrogen-bond acceptors (Lipinski definition) is 7. The largest absolute Gasteiger partial charge is 0.502 e. The van der Waals surface area contributed by atoms with Crippen LogP contribution in [-0.4, -0.2) is 34.9 Å². The number of hydrazone groups is 1. The lowest BCUT2D eigenvalue weighted by atomic mass is 10.1. The lowest BCUT2D eigenvalue weighted by Gasteiger charge is -2.25. The van der Waals surface area contributed by atoms with Crippen molar-refractivity contribution in [2.75, 3.05) is 6.61 Å². The van der Waals surface area contributed by atoms with Crippen molar-refractivity contribution in [1.29, 1.82) is 0 Å². The van der Waals surface area contributed by atoms with E-state index >= 15 is 0 Å². The topological polar surface area (TPSA) is 123 Å². The summed E-state index contributed by atoms with van der Waals surface area (Å²) in [5, 5.41) is 26.6. The summed E-state index contributed by atoms with van der Waals surface area (Å²) < 4.78 is 11.4. The third-order valence-electron chi connectivity index (χ3n) is 4.42. The van der Waals surface area contributed by atoms with Crippen LogP contribution in [0.5, 0.6) is 17.2 Å². The minimum Gasteiger partial charge on any atom is -0.502 e. The first-order valence-corrected chi connectivity index (χ1v) is 9.12. The molecule has 0 saturated carbocycles. The predicted molar refractivity (Wildman–Crippen MR) is 109 cm³/mol. The van der Waals surface area contributed by atoms with Crippen molar-refractivity contribution in [3.05, 3.63) is 69.2 Å². The Morgan fingerprint density at radius 1 is 1.23 bits per heavy atom. The van der Waals surface area contributed by atoms with Gasteiger partial charge in [0.15, 0.2) is 11.5 Å². The second-order valence-corrected chi connectivity index (χ2v) is 6.85. The van der Waals surface area contributed by atoms with Crippen LogP contribution in [0.3, 0.4) is 0 Å². The Bertz CT molecular complexity index is 1200. The van der Waals surface area contributed by atoms with Crippen LogP contribution in [0.2, 0.25) is 5.02 Å². The number of phenolic OH excluding ortho intramolecular Hbond substituents is 1. The molecule has 3 aromatic carbocycles. The molecule has 1 heterocycles. The van der Waals surface area contributed by atoms with Crippen LogP contribution in [0, 0.1) is 10.1 Å². The molecule has 0 aromatic heterocycles. The number of rotatable bonds is 4. The molecule has 30 heavy (non-hydrogen) atoms. The second-order valence-electron chi connectivity index (χ2n) is 6.42. The maximum atomic E-state index is 12.4. The molecule has 1 amide bonds. The van der Waals surface area contributed by atoms with Crippen molar-refractivity contribution in [3.63, 3.8) is 0 Å². The smallest absolute Gasteiger partial charge is 0.312 e. The number of hydrogen-bond donors (Lipinski definition) is 2. The molecule has 1 atom stereocenters. The SMILES string of the molecule is O=C(N/N=C\c1cc(Cl)cc([N+](=O)[O-])c1O)C1COc2cc3ccccc3cc2O1. The summed E-state index contributed by atoms with van der Waals surface area (Å²) in [5.74, 6) is -0.217. The number of phenols is 1. The number of amides is 1. The number of aromatic hydroxyl groups is 1. The van der Waals surface area contributed by atoms with E-state index in [9.17, 15) is 20.0 Å². The summed E-state index contributed by atoms with van der Waals surface area (Å²) in [6.45, 7) is -0.0133. The number of carbonyl (C=O) groups is 1. The monoisotopic (exact) mass is 427 g/mol. The molecule has 0 radical (unpaired) electrons. The molecule has 1 aliphatic heterocycles. The van der Waals surface area contributed by atoms with E-state index in [0.717, 1.165) is 23.1 Å². The second kappa shape index (κ2) is 7.88. The molecule has 152 valence electrons. The number of nitro groups is 1. The number of carbonyl (C=O) groups excluding carboxylic acids is 1. The summed E-state index contributed by atoms with van der Waals surface area (Å²) in [6.07, 6.45) is 0.107. The summed E-state index contributed by atoms with van der Waals surface area (Å²) in [5.41, 5.74) is 1.68. The van der Waals surface area contributed by atoms with Gasteiger partial charge in [-0.3, -0.25) is 14.9 Å². The normalized spacial score (nSPS) is 15.3. The third-order valence-corrected chi connectivity index (χ3v) is 4.64. The third kappa shape index (κ3) is 3.83. The molecule has 4 rings (SSSR count). The fourth-order valence-electron chi connectivity index (χ4n) is 2.97. The fourth-order valence-corrected chi connectivity index (χ4v) is 3.19. The van der Waals surface area contributed by atoms with E-state index in [1.165, 1.54) is 6.07 Å². The molecular weight excluding hydrogens is 414 g/mol. The van der Waals surface area contributed by atoms with Gasteiger partial charge in [-0.15, -0.1) is 0 Å². The first-order valence-electron chi connectivity index (χ1n) is 8.74. The van der Waals surface area contributed by atoms with Crippen LogP contribution >= 0.6 is 11.6 Å². The Balaban J connectivity index is 1.47. The van der Waals surface area contributed by atoms with E-state index in [4.69, 9.17) is 21.1 Å². The molecule has 0 aliphatic carbocycles. The number of nitrogens with zero attached hydrogens (tertiary/aromatic N) is 2. The highest BCUT2D eigenvalue weighted by molar-refractivity contribution is 6.31. The van der Waals surface area contributed by atoms with Gasteiger partial charge in [0.2, 0.25) is 11.9 Å². The van der Waals surface area contributed by atoms with Crippen LogP contribution in [0.4, 0.5) is 5.69 Å². The molecule has 0 bridgehead atoms. The summed E-state index contributed by atoms with van der Waals surface area (Å²) in [7, 11) is 0. The average Bonchev–Trinajstić information content (AvgIpc) is 2.73. The molecule has 10 heteroatoms. The number of nitrogens with one attached hydrogen (secondary N) is 1. The Morgan fingerprint density at radius 2 is 1.93 bits per heavy atom. The number of ether oxygens (including phenoxy) is 2. The first kappa shape index (κ1) is 19.5. The summed E-state index contributed by atoms with van der Waals surface area (Å²) in [4.78, 5) is 22.5. The highest BCUT2D eigenvalue weighted by Gasteiger charge is 2.28. The van der Waals surface area contributed by atoms with Crippen molar-refractivity contribution in [2.24, 2.45) is 5.10 Å². The lowest BCUT2D eigenvalue weighted by molar-refractivity contribution is -0.385. The van der Waals surface area contributed by atoms with Gasteiger partial charge in [-0.25, -0.2) is 5.43 Å². The molecule has 0 fully saturated rings. The van der Waals surface area contributed by atoms with E-state index in [1.807, 2.05) is 30.3 Å². The molecule has 2 N–H and O–H groups in total. The van der Waals surface area contributed by atoms with Gasteiger partial charge in [0.1, 0.15) is 6.61 Å². The number of benzene rings is 3. The molecular formula is C20H14ClN3O6. The van der Waals surface area contributed by atoms with Gasteiger partial charge in [0.05, 0.1) is 11.1 Å². The number of fused-ring (bicyclic) bond motifs is 2. The zero-order valence-electron chi connectivity index (χ0n) is 15.2. The van der Waals surface area contributed by atoms with Gasteiger partial charge in [-0.05, 0) is 29.0 Å². The Kier molecular flexibility index (Phi) is 5.11. The van der Waals surface area contributed by atoms with Crippen LogP contribution in [0.15, 0.2) is 53.6 Å². The highest BCUT2D eigenvalue weighted by atomic mass is 35.5. The number of nitro benzene ring substituents is 1.